The summed E-state index contributed by atoms with van der Waals surface area (Å²) >= 11 is 0. The molecule has 2 rings (SSSR count). The first-order valence-electron chi connectivity index (χ1n) is 10.7. The van der Waals surface area contributed by atoms with Crippen LogP contribution in [-0.4, -0.2) is 18.0 Å². The third kappa shape index (κ3) is 7.35. The second-order valence-electron chi connectivity index (χ2n) is 8.30. The van der Waals surface area contributed by atoms with Crippen LogP contribution in [0.5, 0.6) is 0 Å². The number of aliphatic carboxylic acids is 1. The number of esters is 1. The zero-order valence-corrected chi connectivity index (χ0v) is 20.1. The number of carbonyl (C=O) groups is 2. The average molecular weight is 399 g/mol. The zero-order valence-electron chi connectivity index (χ0n) is 18.1. The van der Waals surface area contributed by atoms with Gasteiger partial charge in [-0.15, -0.1) is 0 Å². The number of hydrogen-bond donors (Lipinski definition) is 0. The van der Waals surface area contributed by atoms with Crippen LogP contribution >= 0.6 is 0 Å². The van der Waals surface area contributed by atoms with Gasteiger partial charge in [0, 0.05) is 11.9 Å². The van der Waals surface area contributed by atoms with Crippen molar-refractivity contribution in [2.45, 2.75) is 84.7 Å². The molecule has 0 heterocycles. The van der Waals surface area contributed by atoms with Crippen LogP contribution in [0.25, 0.3) is 0 Å². The molecule has 3 unspecified atom stereocenters. The van der Waals surface area contributed by atoms with Crippen molar-refractivity contribution in [1.29, 1.82) is 0 Å². The van der Waals surface area contributed by atoms with Crippen molar-refractivity contribution >= 4 is 11.9 Å². The molecule has 2 aliphatic carbocycles. The standard InChI is InChI=1S/C23H36O4.Na/c1-4-16(2)23(26)27-20-12-9-10-18-15-14-17(3)19(22(18)20)11-7-5-6-8-13-21(24)25;/h10,14-17,19-20,22H,4-9,11-13H2,1-3H3,(H,24,25);/q;+1/p-1/t16?,17-,19?,20-,22?;/m0./s1. The van der Waals surface area contributed by atoms with Gasteiger partial charge >= 0.3 is 35.5 Å². The van der Waals surface area contributed by atoms with Crippen molar-refractivity contribution in [3.05, 3.63) is 23.8 Å². The van der Waals surface area contributed by atoms with Gasteiger partial charge in [-0.25, -0.2) is 0 Å². The third-order valence-electron chi connectivity index (χ3n) is 6.30. The summed E-state index contributed by atoms with van der Waals surface area (Å²) < 4.78 is 5.98. The van der Waals surface area contributed by atoms with Gasteiger partial charge in [0.15, 0.2) is 0 Å². The summed E-state index contributed by atoms with van der Waals surface area (Å²) in [6, 6.07) is 0. The van der Waals surface area contributed by atoms with E-state index in [4.69, 9.17) is 4.74 Å². The summed E-state index contributed by atoms with van der Waals surface area (Å²) in [7, 11) is 0. The van der Waals surface area contributed by atoms with E-state index in [-0.39, 0.29) is 54.0 Å². The molecule has 0 radical (unpaired) electrons. The summed E-state index contributed by atoms with van der Waals surface area (Å²) in [6.45, 7) is 6.22. The molecule has 5 atom stereocenters. The fourth-order valence-electron chi connectivity index (χ4n) is 4.39. The van der Waals surface area contributed by atoms with E-state index < -0.39 is 5.97 Å². The molecule has 0 fully saturated rings. The molecular weight excluding hydrogens is 363 g/mol. The Bertz CT molecular complexity index is 569. The van der Waals surface area contributed by atoms with Gasteiger partial charge in [0.25, 0.3) is 0 Å². The summed E-state index contributed by atoms with van der Waals surface area (Å²) in [6.07, 6.45) is 14.5. The Hall–Kier alpha value is -0.580. The molecule has 5 heteroatoms. The molecule has 0 aromatic rings. The largest absolute Gasteiger partial charge is 1.00 e. The monoisotopic (exact) mass is 398 g/mol. The molecule has 4 nitrogen and oxygen atoms in total. The summed E-state index contributed by atoms with van der Waals surface area (Å²) in [4.78, 5) is 22.9. The number of ether oxygens (including phenoxy) is 1. The minimum absolute atomic E-state index is 0. The number of hydrogen-bond acceptors (Lipinski definition) is 4. The number of carboxylic acids is 1. The molecule has 0 spiro atoms. The smallest absolute Gasteiger partial charge is 0.550 e. The van der Waals surface area contributed by atoms with Gasteiger partial charge in [0.2, 0.25) is 0 Å². The number of carboxylic acid groups (broad SMARTS) is 1. The SMILES string of the molecule is CCC(C)C(=O)O[C@H]1CCC=C2C=C[C@H](C)C(CCCCCCC(=O)[O-])C21.[Na+]. The Morgan fingerprint density at radius 2 is 1.96 bits per heavy atom. The third-order valence-corrected chi connectivity index (χ3v) is 6.30. The van der Waals surface area contributed by atoms with Crippen LogP contribution in [0.4, 0.5) is 0 Å². The maximum Gasteiger partial charge on any atom is 1.00 e. The van der Waals surface area contributed by atoms with E-state index in [0.717, 1.165) is 44.9 Å². The predicted octanol–water partition coefficient (Wildman–Crippen LogP) is 1.20. The molecule has 0 aromatic heterocycles. The number of fused-ring (bicyclic) bond motifs is 1. The molecule has 0 aromatic carbocycles. The molecule has 0 saturated heterocycles. The molecule has 28 heavy (non-hydrogen) atoms. The van der Waals surface area contributed by atoms with Gasteiger partial charge < -0.3 is 14.6 Å². The van der Waals surface area contributed by atoms with Crippen molar-refractivity contribution < 1.29 is 49.0 Å². The van der Waals surface area contributed by atoms with E-state index in [0.29, 0.717) is 24.2 Å². The van der Waals surface area contributed by atoms with Crippen LogP contribution in [0.3, 0.4) is 0 Å². The van der Waals surface area contributed by atoms with Crippen LogP contribution in [0.2, 0.25) is 0 Å². The van der Waals surface area contributed by atoms with Gasteiger partial charge in [0.05, 0.1) is 5.92 Å². The number of allylic oxidation sites excluding steroid dienone is 3. The van der Waals surface area contributed by atoms with Gasteiger partial charge in [-0.3, -0.25) is 4.79 Å². The molecule has 0 aliphatic heterocycles. The topological polar surface area (TPSA) is 66.4 Å². The van der Waals surface area contributed by atoms with Crippen molar-refractivity contribution in [2.24, 2.45) is 23.7 Å². The van der Waals surface area contributed by atoms with Crippen molar-refractivity contribution in [1.82, 2.24) is 0 Å². The average Bonchev–Trinajstić information content (AvgIpc) is 2.65. The predicted molar refractivity (Wildman–Crippen MR) is 105 cm³/mol. The van der Waals surface area contributed by atoms with E-state index >= 15 is 0 Å². The van der Waals surface area contributed by atoms with E-state index in [1.807, 2.05) is 13.8 Å². The van der Waals surface area contributed by atoms with Gasteiger partial charge in [-0.05, 0) is 55.9 Å². The minimum Gasteiger partial charge on any atom is -0.550 e. The van der Waals surface area contributed by atoms with Gasteiger partial charge in [-0.1, -0.05) is 58.3 Å². The van der Waals surface area contributed by atoms with E-state index in [1.165, 1.54) is 5.57 Å². The minimum atomic E-state index is -0.955. The summed E-state index contributed by atoms with van der Waals surface area (Å²) in [5.74, 6) is 0.194. The van der Waals surface area contributed by atoms with Crippen molar-refractivity contribution in [2.75, 3.05) is 0 Å². The summed E-state index contributed by atoms with van der Waals surface area (Å²) in [5, 5.41) is 10.5. The van der Waals surface area contributed by atoms with E-state index in [1.54, 1.807) is 0 Å². The fourth-order valence-corrected chi connectivity index (χ4v) is 4.39. The second-order valence-corrected chi connectivity index (χ2v) is 8.30. The zero-order chi connectivity index (χ0) is 19.8. The quantitative estimate of drug-likeness (QED) is 0.315. The molecule has 2 aliphatic rings. The molecular formula is C23H35NaO4. The van der Waals surface area contributed by atoms with Crippen LogP contribution in [0.15, 0.2) is 23.8 Å². The first-order chi connectivity index (χ1) is 12.9. The maximum absolute atomic E-state index is 12.4. The molecule has 152 valence electrons. The fraction of sp³-hybridized carbons (Fsp3) is 0.739. The number of rotatable bonds is 10. The Balaban J connectivity index is 0.00000392. The van der Waals surface area contributed by atoms with Crippen molar-refractivity contribution in [3.63, 3.8) is 0 Å². The Labute approximate surface area is 192 Å². The maximum atomic E-state index is 12.4. The van der Waals surface area contributed by atoms with Gasteiger partial charge in [-0.2, -0.15) is 0 Å². The first-order valence-corrected chi connectivity index (χ1v) is 10.7. The van der Waals surface area contributed by atoms with Crippen LogP contribution in [0, 0.1) is 23.7 Å². The van der Waals surface area contributed by atoms with Gasteiger partial charge in [0.1, 0.15) is 6.10 Å². The number of carbonyl (C=O) groups excluding carboxylic acids is 2. The Morgan fingerprint density at radius 3 is 2.64 bits per heavy atom. The first kappa shape index (κ1) is 25.5. The molecule has 0 saturated carbocycles. The molecule has 0 bridgehead atoms. The van der Waals surface area contributed by atoms with E-state index in [2.05, 4.69) is 25.2 Å². The Kier molecular flexibility index (Phi) is 11.7. The Morgan fingerprint density at radius 1 is 1.25 bits per heavy atom. The number of unbranched alkanes of at least 4 members (excludes halogenated alkanes) is 3. The molecule has 0 N–H and O–H groups in total. The van der Waals surface area contributed by atoms with Crippen LogP contribution in [0.1, 0.15) is 78.6 Å². The molecule has 0 amide bonds. The van der Waals surface area contributed by atoms with Crippen LogP contribution < -0.4 is 34.7 Å². The second kappa shape index (κ2) is 12.9. The van der Waals surface area contributed by atoms with Crippen molar-refractivity contribution in [3.8, 4) is 0 Å². The summed E-state index contributed by atoms with van der Waals surface area (Å²) in [5.41, 5.74) is 1.34. The van der Waals surface area contributed by atoms with Crippen LogP contribution in [-0.2, 0) is 14.3 Å². The van der Waals surface area contributed by atoms with E-state index in [9.17, 15) is 14.7 Å². The normalized spacial score (nSPS) is 27.2.